The highest BCUT2D eigenvalue weighted by Gasteiger charge is 2.19. The summed E-state index contributed by atoms with van der Waals surface area (Å²) in [5, 5.41) is 0.974. The molecule has 0 bridgehead atoms. The Balaban J connectivity index is 1.88. The predicted octanol–water partition coefficient (Wildman–Crippen LogP) is 2.22. The second-order valence-corrected chi connectivity index (χ2v) is 5.70. The van der Waals surface area contributed by atoms with Crippen LogP contribution in [-0.2, 0) is 4.74 Å². The number of nitrogens with zero attached hydrogens (tertiary/aromatic N) is 4. The van der Waals surface area contributed by atoms with Gasteiger partial charge in [-0.1, -0.05) is 6.08 Å². The number of ether oxygens (including phenoxy) is 2. The third kappa shape index (κ3) is 2.73. The molecule has 2 aromatic heterocycles. The van der Waals surface area contributed by atoms with Crippen molar-refractivity contribution in [3.05, 3.63) is 36.2 Å². The lowest BCUT2D eigenvalue weighted by molar-refractivity contribution is 0.122. The van der Waals surface area contributed by atoms with Gasteiger partial charge in [0.25, 0.3) is 0 Å². The average molecular weight is 324 g/mol. The van der Waals surface area contributed by atoms with Gasteiger partial charge in [0.05, 0.1) is 32.1 Å². The SMILES string of the molecule is CCOc1cc(N2CCOCC2)nc2c(C3=NCC=C3)nccc12. The van der Waals surface area contributed by atoms with E-state index in [0.29, 0.717) is 13.2 Å². The van der Waals surface area contributed by atoms with Crippen molar-refractivity contribution < 1.29 is 9.47 Å². The Morgan fingerprint density at radius 2 is 2.17 bits per heavy atom. The van der Waals surface area contributed by atoms with Gasteiger partial charge in [-0.3, -0.25) is 9.98 Å². The molecule has 0 aromatic carbocycles. The molecule has 0 N–H and O–H groups in total. The summed E-state index contributed by atoms with van der Waals surface area (Å²) in [7, 11) is 0. The molecule has 0 atom stereocenters. The van der Waals surface area contributed by atoms with Crippen LogP contribution >= 0.6 is 0 Å². The van der Waals surface area contributed by atoms with E-state index in [1.807, 2.05) is 31.2 Å². The number of fused-ring (bicyclic) bond motifs is 1. The highest BCUT2D eigenvalue weighted by molar-refractivity contribution is 6.15. The van der Waals surface area contributed by atoms with Gasteiger partial charge in [-0.15, -0.1) is 0 Å². The highest BCUT2D eigenvalue weighted by Crippen LogP contribution is 2.31. The number of allylic oxidation sites excluding steroid dienone is 1. The molecule has 2 aliphatic heterocycles. The molecule has 4 rings (SSSR count). The summed E-state index contributed by atoms with van der Waals surface area (Å²) in [6.45, 7) is 6.42. The quantitative estimate of drug-likeness (QED) is 0.863. The fourth-order valence-corrected chi connectivity index (χ4v) is 3.05. The Kier molecular flexibility index (Phi) is 4.13. The van der Waals surface area contributed by atoms with Crippen LogP contribution in [0.2, 0.25) is 0 Å². The first-order chi connectivity index (χ1) is 11.9. The molecule has 6 nitrogen and oxygen atoms in total. The van der Waals surface area contributed by atoms with Crippen molar-refractivity contribution in [3.63, 3.8) is 0 Å². The van der Waals surface area contributed by atoms with Crippen molar-refractivity contribution in [2.45, 2.75) is 6.92 Å². The van der Waals surface area contributed by atoms with Gasteiger partial charge in [0.1, 0.15) is 22.8 Å². The summed E-state index contributed by atoms with van der Waals surface area (Å²) < 4.78 is 11.3. The maximum atomic E-state index is 5.88. The van der Waals surface area contributed by atoms with Crippen molar-refractivity contribution in [3.8, 4) is 5.75 Å². The molecule has 24 heavy (non-hydrogen) atoms. The van der Waals surface area contributed by atoms with Crippen LogP contribution in [-0.4, -0.2) is 55.1 Å². The van der Waals surface area contributed by atoms with Crippen LogP contribution in [0.25, 0.3) is 10.9 Å². The van der Waals surface area contributed by atoms with E-state index in [9.17, 15) is 0 Å². The minimum absolute atomic E-state index is 0.611. The van der Waals surface area contributed by atoms with E-state index in [1.165, 1.54) is 0 Å². The predicted molar refractivity (Wildman–Crippen MR) is 94.3 cm³/mol. The third-order valence-corrected chi connectivity index (χ3v) is 4.20. The lowest BCUT2D eigenvalue weighted by atomic mass is 10.1. The minimum Gasteiger partial charge on any atom is -0.493 e. The smallest absolute Gasteiger partial charge is 0.133 e. The zero-order valence-electron chi connectivity index (χ0n) is 13.7. The fourth-order valence-electron chi connectivity index (χ4n) is 3.05. The highest BCUT2D eigenvalue weighted by atomic mass is 16.5. The molecular weight excluding hydrogens is 304 g/mol. The Morgan fingerprint density at radius 1 is 1.29 bits per heavy atom. The summed E-state index contributed by atoms with van der Waals surface area (Å²) in [4.78, 5) is 16.2. The number of pyridine rings is 2. The van der Waals surface area contributed by atoms with Crippen LogP contribution in [0.5, 0.6) is 5.75 Å². The second-order valence-electron chi connectivity index (χ2n) is 5.70. The number of aliphatic imine (C=N–C) groups is 1. The molecule has 4 heterocycles. The molecule has 124 valence electrons. The van der Waals surface area contributed by atoms with Crippen LogP contribution in [0.3, 0.4) is 0 Å². The van der Waals surface area contributed by atoms with E-state index in [-0.39, 0.29) is 0 Å². The largest absolute Gasteiger partial charge is 0.493 e. The van der Waals surface area contributed by atoms with Gasteiger partial charge in [0.2, 0.25) is 0 Å². The molecule has 0 saturated carbocycles. The Morgan fingerprint density at radius 3 is 2.92 bits per heavy atom. The van der Waals surface area contributed by atoms with Gasteiger partial charge in [-0.2, -0.15) is 0 Å². The lowest BCUT2D eigenvalue weighted by Gasteiger charge is -2.28. The maximum Gasteiger partial charge on any atom is 0.133 e. The Bertz CT molecular complexity index is 810. The first kappa shape index (κ1) is 15.1. The van der Waals surface area contributed by atoms with Crippen molar-refractivity contribution in [1.29, 1.82) is 0 Å². The molecule has 0 amide bonds. The van der Waals surface area contributed by atoms with E-state index in [0.717, 1.165) is 60.2 Å². The molecular formula is C18H20N4O2. The Labute approximate surface area is 140 Å². The molecule has 0 aliphatic carbocycles. The van der Waals surface area contributed by atoms with Gasteiger partial charge in [-0.05, 0) is 19.1 Å². The molecule has 2 aliphatic rings. The number of hydrogen-bond acceptors (Lipinski definition) is 6. The fraction of sp³-hybridized carbons (Fsp3) is 0.389. The van der Waals surface area contributed by atoms with E-state index in [4.69, 9.17) is 14.5 Å². The molecule has 0 spiro atoms. The number of anilines is 1. The zero-order valence-corrected chi connectivity index (χ0v) is 13.7. The third-order valence-electron chi connectivity index (χ3n) is 4.20. The number of aromatic nitrogens is 2. The summed E-state index contributed by atoms with van der Waals surface area (Å²) in [6.07, 6.45) is 5.83. The van der Waals surface area contributed by atoms with Crippen molar-refractivity contribution in [2.75, 3.05) is 44.4 Å². The number of morpholine rings is 1. The summed E-state index contributed by atoms with van der Waals surface area (Å²) >= 11 is 0. The summed E-state index contributed by atoms with van der Waals surface area (Å²) in [5.74, 6) is 1.75. The van der Waals surface area contributed by atoms with Crippen LogP contribution < -0.4 is 9.64 Å². The molecule has 1 saturated heterocycles. The van der Waals surface area contributed by atoms with Crippen LogP contribution in [0.1, 0.15) is 12.6 Å². The van der Waals surface area contributed by atoms with Gasteiger partial charge in [0, 0.05) is 30.7 Å². The molecule has 2 aromatic rings. The second kappa shape index (κ2) is 6.57. The van der Waals surface area contributed by atoms with Gasteiger partial charge < -0.3 is 14.4 Å². The topological polar surface area (TPSA) is 59.8 Å². The van der Waals surface area contributed by atoms with Crippen LogP contribution in [0, 0.1) is 0 Å². The van der Waals surface area contributed by atoms with Crippen molar-refractivity contribution >= 4 is 22.4 Å². The van der Waals surface area contributed by atoms with E-state index in [1.54, 1.807) is 6.20 Å². The number of rotatable bonds is 4. The number of hydrogen-bond donors (Lipinski definition) is 0. The first-order valence-electron chi connectivity index (χ1n) is 8.33. The van der Waals surface area contributed by atoms with E-state index < -0.39 is 0 Å². The van der Waals surface area contributed by atoms with Gasteiger partial charge >= 0.3 is 0 Å². The molecule has 6 heteroatoms. The average Bonchev–Trinajstić information content (AvgIpc) is 3.16. The molecule has 0 unspecified atom stereocenters. The van der Waals surface area contributed by atoms with Gasteiger partial charge in [0.15, 0.2) is 0 Å². The Hall–Kier alpha value is -2.47. The maximum absolute atomic E-state index is 5.88. The van der Waals surface area contributed by atoms with Crippen molar-refractivity contribution in [2.24, 2.45) is 4.99 Å². The van der Waals surface area contributed by atoms with E-state index in [2.05, 4.69) is 14.9 Å². The molecule has 0 radical (unpaired) electrons. The standard InChI is InChI=1S/C18H20N4O2/c1-2-24-15-12-16(22-8-10-23-11-9-22)21-17-13(15)5-7-20-18(17)14-4-3-6-19-14/h3-5,7,12H,2,6,8-11H2,1H3. The van der Waals surface area contributed by atoms with Crippen LogP contribution in [0.15, 0.2) is 35.5 Å². The van der Waals surface area contributed by atoms with Gasteiger partial charge in [-0.25, -0.2) is 4.98 Å². The molecule has 1 fully saturated rings. The van der Waals surface area contributed by atoms with Crippen LogP contribution in [0.4, 0.5) is 5.82 Å². The minimum atomic E-state index is 0.611. The zero-order chi connectivity index (χ0) is 16.4. The summed E-state index contributed by atoms with van der Waals surface area (Å²) in [6, 6.07) is 3.98. The lowest BCUT2D eigenvalue weighted by Crippen LogP contribution is -2.36. The summed E-state index contributed by atoms with van der Waals surface area (Å²) in [5.41, 5.74) is 2.54. The normalized spacial score (nSPS) is 17.4. The first-order valence-corrected chi connectivity index (χ1v) is 8.33. The van der Waals surface area contributed by atoms with E-state index >= 15 is 0 Å². The monoisotopic (exact) mass is 324 g/mol. The van der Waals surface area contributed by atoms with Crippen molar-refractivity contribution in [1.82, 2.24) is 9.97 Å².